The molecule has 0 saturated heterocycles. The number of aromatic hydroxyl groups is 1. The highest BCUT2D eigenvalue weighted by Gasteiger charge is 2.12. The number of methoxy groups -OCH3 is 2. The average Bonchev–Trinajstić information content (AvgIpc) is 2.61. The summed E-state index contributed by atoms with van der Waals surface area (Å²) in [7, 11) is 3.02. The molecule has 0 fully saturated rings. The highest BCUT2D eigenvalue weighted by atomic mass is 16.5. The number of para-hydroxylation sites is 2. The summed E-state index contributed by atoms with van der Waals surface area (Å²) in [5, 5.41) is 21.4. The number of ether oxygens (including phenoxy) is 2. The first-order chi connectivity index (χ1) is 11.6. The maximum Gasteiger partial charge on any atom is 0.266 e. The summed E-state index contributed by atoms with van der Waals surface area (Å²) in [6.07, 6.45) is 1.43. The second-order valence-electron chi connectivity index (χ2n) is 4.76. The van der Waals surface area contributed by atoms with Crippen molar-refractivity contribution in [3.8, 4) is 23.3 Å². The minimum absolute atomic E-state index is 0.0748. The smallest absolute Gasteiger partial charge is 0.266 e. The highest BCUT2D eigenvalue weighted by Crippen LogP contribution is 2.28. The van der Waals surface area contributed by atoms with Crippen molar-refractivity contribution < 1.29 is 19.4 Å². The van der Waals surface area contributed by atoms with Gasteiger partial charge in [-0.3, -0.25) is 4.79 Å². The minimum Gasteiger partial charge on any atom is -0.506 e. The van der Waals surface area contributed by atoms with E-state index in [0.717, 1.165) is 0 Å². The lowest BCUT2D eigenvalue weighted by Crippen LogP contribution is -2.13. The quantitative estimate of drug-likeness (QED) is 0.501. The molecule has 0 unspecified atom stereocenters. The third-order valence-electron chi connectivity index (χ3n) is 3.24. The van der Waals surface area contributed by atoms with Crippen LogP contribution in [0.2, 0.25) is 0 Å². The molecule has 0 bridgehead atoms. The number of rotatable bonds is 5. The van der Waals surface area contributed by atoms with Crippen LogP contribution in [0.15, 0.2) is 48.0 Å². The molecular weight excluding hydrogens is 308 g/mol. The summed E-state index contributed by atoms with van der Waals surface area (Å²) in [6.45, 7) is 0. The standard InChI is InChI=1S/C18H16N2O4/c1-23-16-8-7-12(10-17(16)24-2)9-13(11-19)18(22)20-14-5-3-4-6-15(14)21/h3-10,21H,1-2H3,(H,20,22)/b13-9-. The number of benzene rings is 2. The third kappa shape index (κ3) is 3.84. The van der Waals surface area contributed by atoms with Crippen molar-refractivity contribution in [2.45, 2.75) is 0 Å². The van der Waals surface area contributed by atoms with Crippen LogP contribution in [0.3, 0.4) is 0 Å². The molecule has 1 amide bonds. The number of amides is 1. The van der Waals surface area contributed by atoms with Crippen LogP contribution < -0.4 is 14.8 Å². The molecule has 0 aliphatic rings. The van der Waals surface area contributed by atoms with Gasteiger partial charge in [0.1, 0.15) is 17.4 Å². The summed E-state index contributed by atoms with van der Waals surface area (Å²) in [5.74, 6) is 0.347. The lowest BCUT2D eigenvalue weighted by atomic mass is 10.1. The molecule has 6 heteroatoms. The van der Waals surface area contributed by atoms with Crippen LogP contribution in [0, 0.1) is 11.3 Å². The zero-order valence-electron chi connectivity index (χ0n) is 13.2. The fourth-order valence-electron chi connectivity index (χ4n) is 2.03. The molecule has 0 atom stereocenters. The van der Waals surface area contributed by atoms with Gasteiger partial charge in [-0.2, -0.15) is 5.26 Å². The van der Waals surface area contributed by atoms with Gasteiger partial charge in [0, 0.05) is 0 Å². The molecule has 0 saturated carbocycles. The molecule has 0 heterocycles. The predicted molar refractivity (Wildman–Crippen MR) is 89.9 cm³/mol. The lowest BCUT2D eigenvalue weighted by Gasteiger charge is -2.08. The number of nitrogens with one attached hydrogen (secondary N) is 1. The molecular formula is C18H16N2O4. The topological polar surface area (TPSA) is 91.6 Å². The van der Waals surface area contributed by atoms with Gasteiger partial charge in [-0.15, -0.1) is 0 Å². The van der Waals surface area contributed by atoms with Crippen LogP contribution in [0.5, 0.6) is 17.2 Å². The lowest BCUT2D eigenvalue weighted by molar-refractivity contribution is -0.112. The van der Waals surface area contributed by atoms with E-state index in [9.17, 15) is 15.2 Å². The largest absolute Gasteiger partial charge is 0.506 e. The van der Waals surface area contributed by atoms with E-state index in [-0.39, 0.29) is 17.0 Å². The number of carbonyl (C=O) groups is 1. The molecule has 0 spiro atoms. The molecule has 0 aromatic heterocycles. The molecule has 24 heavy (non-hydrogen) atoms. The number of nitriles is 1. The Balaban J connectivity index is 2.27. The summed E-state index contributed by atoms with van der Waals surface area (Å²) in [5.41, 5.74) is 0.734. The molecule has 2 aromatic carbocycles. The van der Waals surface area contributed by atoms with Crippen LogP contribution in [-0.2, 0) is 4.79 Å². The van der Waals surface area contributed by atoms with Gasteiger partial charge in [0.25, 0.3) is 5.91 Å². The fourth-order valence-corrected chi connectivity index (χ4v) is 2.03. The van der Waals surface area contributed by atoms with Gasteiger partial charge in [-0.1, -0.05) is 18.2 Å². The van der Waals surface area contributed by atoms with Gasteiger partial charge < -0.3 is 19.9 Å². The first kappa shape index (κ1) is 16.9. The Morgan fingerprint density at radius 3 is 2.50 bits per heavy atom. The van der Waals surface area contributed by atoms with Crippen molar-refractivity contribution in [3.05, 3.63) is 53.6 Å². The predicted octanol–water partition coefficient (Wildman–Crippen LogP) is 2.96. The van der Waals surface area contributed by atoms with Gasteiger partial charge in [0.15, 0.2) is 11.5 Å². The molecule has 2 rings (SSSR count). The van der Waals surface area contributed by atoms with Crippen molar-refractivity contribution in [2.24, 2.45) is 0 Å². The third-order valence-corrected chi connectivity index (χ3v) is 3.24. The molecule has 2 aromatic rings. The second kappa shape index (κ2) is 7.70. The highest BCUT2D eigenvalue weighted by molar-refractivity contribution is 6.10. The van der Waals surface area contributed by atoms with E-state index in [0.29, 0.717) is 17.1 Å². The maximum absolute atomic E-state index is 12.2. The van der Waals surface area contributed by atoms with Crippen LogP contribution in [0.25, 0.3) is 6.08 Å². The van der Waals surface area contributed by atoms with Gasteiger partial charge in [-0.25, -0.2) is 0 Å². The SMILES string of the molecule is COc1ccc(/C=C(/C#N)C(=O)Nc2ccccc2O)cc1OC. The Kier molecular flexibility index (Phi) is 5.42. The first-order valence-electron chi connectivity index (χ1n) is 7.02. The van der Waals surface area contributed by atoms with Crippen molar-refractivity contribution in [1.82, 2.24) is 0 Å². The van der Waals surface area contributed by atoms with Gasteiger partial charge in [0.05, 0.1) is 19.9 Å². The second-order valence-corrected chi connectivity index (χ2v) is 4.76. The number of phenolic OH excluding ortho intramolecular Hbond substituents is 1. The van der Waals surface area contributed by atoms with Crippen molar-refractivity contribution >= 4 is 17.7 Å². The summed E-state index contributed by atoms with van der Waals surface area (Å²) >= 11 is 0. The van der Waals surface area contributed by atoms with Crippen LogP contribution >= 0.6 is 0 Å². The zero-order chi connectivity index (χ0) is 17.5. The van der Waals surface area contributed by atoms with Crippen LogP contribution in [0.4, 0.5) is 5.69 Å². The van der Waals surface area contributed by atoms with Crippen molar-refractivity contribution in [2.75, 3.05) is 19.5 Å². The average molecular weight is 324 g/mol. The Labute approximate surface area is 139 Å². The number of nitrogens with zero attached hydrogens (tertiary/aromatic N) is 1. The molecule has 0 radical (unpaired) electrons. The molecule has 6 nitrogen and oxygen atoms in total. The van der Waals surface area contributed by atoms with Crippen molar-refractivity contribution in [1.29, 1.82) is 5.26 Å². The van der Waals surface area contributed by atoms with Gasteiger partial charge in [0.2, 0.25) is 0 Å². The summed E-state index contributed by atoms with van der Waals surface area (Å²) in [6, 6.07) is 13.2. The first-order valence-corrected chi connectivity index (χ1v) is 7.02. The molecule has 122 valence electrons. The van der Waals surface area contributed by atoms with E-state index in [2.05, 4.69) is 5.32 Å². The van der Waals surface area contributed by atoms with Gasteiger partial charge in [-0.05, 0) is 35.9 Å². The van der Waals surface area contributed by atoms with E-state index in [4.69, 9.17) is 9.47 Å². The van der Waals surface area contributed by atoms with Crippen LogP contribution in [-0.4, -0.2) is 25.2 Å². The normalized spacial score (nSPS) is 10.6. The Morgan fingerprint density at radius 2 is 1.88 bits per heavy atom. The maximum atomic E-state index is 12.2. The number of hydrogen-bond acceptors (Lipinski definition) is 5. The Bertz CT molecular complexity index is 822. The number of carbonyl (C=O) groups excluding carboxylic acids is 1. The fraction of sp³-hybridized carbons (Fsp3) is 0.111. The Morgan fingerprint density at radius 1 is 1.17 bits per heavy atom. The number of anilines is 1. The Hall–Kier alpha value is -3.46. The van der Waals surface area contributed by atoms with E-state index in [1.54, 1.807) is 36.4 Å². The zero-order valence-corrected chi connectivity index (χ0v) is 13.2. The van der Waals surface area contributed by atoms with E-state index < -0.39 is 5.91 Å². The van der Waals surface area contributed by atoms with Crippen molar-refractivity contribution in [3.63, 3.8) is 0 Å². The molecule has 0 aliphatic carbocycles. The van der Waals surface area contributed by atoms with E-state index in [1.807, 2.05) is 6.07 Å². The molecule has 2 N–H and O–H groups in total. The molecule has 0 aliphatic heterocycles. The van der Waals surface area contributed by atoms with Crippen LogP contribution in [0.1, 0.15) is 5.56 Å². The minimum atomic E-state index is -0.617. The number of phenols is 1. The summed E-state index contributed by atoms with van der Waals surface area (Å²) in [4.78, 5) is 12.2. The van der Waals surface area contributed by atoms with Gasteiger partial charge >= 0.3 is 0 Å². The number of hydrogen-bond donors (Lipinski definition) is 2. The monoisotopic (exact) mass is 324 g/mol. The van der Waals surface area contributed by atoms with E-state index >= 15 is 0 Å². The summed E-state index contributed by atoms with van der Waals surface area (Å²) < 4.78 is 10.3. The van der Waals surface area contributed by atoms with E-state index in [1.165, 1.54) is 26.4 Å².